The Kier molecular flexibility index (Phi) is 1.97. The minimum Gasteiger partial charge on any atom is -0.355 e. The van der Waals surface area contributed by atoms with Crippen molar-refractivity contribution in [3.05, 3.63) is 4.91 Å². The van der Waals surface area contributed by atoms with Crippen molar-refractivity contribution in [1.82, 2.24) is 0 Å². The van der Waals surface area contributed by atoms with Gasteiger partial charge in [0, 0.05) is 0 Å². The first-order valence-electron chi connectivity index (χ1n) is 2.80. The number of nitrogens with zero attached hydrogens (tertiary/aromatic N) is 1. The highest BCUT2D eigenvalue weighted by atomic mass is 16.5. The van der Waals surface area contributed by atoms with Gasteiger partial charge < -0.3 is 4.74 Å². The summed E-state index contributed by atoms with van der Waals surface area (Å²) in [6.07, 6.45) is 2.53. The van der Waals surface area contributed by atoms with Crippen LogP contribution in [0.1, 0.15) is 12.8 Å². The van der Waals surface area contributed by atoms with Gasteiger partial charge in [0.2, 0.25) is 0 Å². The monoisotopic (exact) mass is 115 g/mol. The molecule has 0 aromatic carbocycles. The fourth-order valence-corrected chi connectivity index (χ4v) is 0.541. The molecule has 46 valence electrons. The van der Waals surface area contributed by atoms with Crippen molar-refractivity contribution >= 4 is 0 Å². The number of nitroso groups, excluding NO2 is 1. The van der Waals surface area contributed by atoms with Gasteiger partial charge in [0.05, 0.1) is 6.61 Å². The number of ether oxygens (including phenoxy) is 1. The lowest BCUT2D eigenvalue weighted by molar-refractivity contribution is 0.131. The van der Waals surface area contributed by atoms with Crippen LogP contribution in [0.3, 0.4) is 0 Å². The van der Waals surface area contributed by atoms with Crippen molar-refractivity contribution in [2.75, 3.05) is 13.3 Å². The van der Waals surface area contributed by atoms with Crippen LogP contribution in [0.5, 0.6) is 0 Å². The summed E-state index contributed by atoms with van der Waals surface area (Å²) in [6, 6.07) is 0. The van der Waals surface area contributed by atoms with Crippen molar-refractivity contribution < 1.29 is 4.74 Å². The molecule has 0 N–H and O–H groups in total. The molecule has 3 heteroatoms. The first kappa shape index (κ1) is 5.69. The summed E-state index contributed by atoms with van der Waals surface area (Å²) in [5, 5.41) is 2.56. The summed E-state index contributed by atoms with van der Waals surface area (Å²) in [6.45, 7) is 0.752. The molecule has 1 saturated carbocycles. The SMILES string of the molecule is O=NCOCC1CC1. The third-order valence-electron chi connectivity index (χ3n) is 1.19. The van der Waals surface area contributed by atoms with Gasteiger partial charge in [-0.2, -0.15) is 0 Å². The Labute approximate surface area is 48.0 Å². The van der Waals surface area contributed by atoms with Gasteiger partial charge in [-0.1, -0.05) is 0 Å². The van der Waals surface area contributed by atoms with Crippen molar-refractivity contribution in [3.8, 4) is 0 Å². The van der Waals surface area contributed by atoms with Crippen LogP contribution in [-0.4, -0.2) is 13.3 Å². The topological polar surface area (TPSA) is 38.7 Å². The van der Waals surface area contributed by atoms with Gasteiger partial charge in [0.1, 0.15) is 0 Å². The van der Waals surface area contributed by atoms with Crippen LogP contribution in [0.15, 0.2) is 5.18 Å². The van der Waals surface area contributed by atoms with Crippen LogP contribution in [0.25, 0.3) is 0 Å². The number of hydrogen-bond donors (Lipinski definition) is 0. The molecular weight excluding hydrogens is 106 g/mol. The number of rotatable bonds is 4. The van der Waals surface area contributed by atoms with Gasteiger partial charge in [-0.15, -0.1) is 4.91 Å². The summed E-state index contributed by atoms with van der Waals surface area (Å²) in [4.78, 5) is 9.43. The maximum absolute atomic E-state index is 9.43. The number of hydrogen-bond acceptors (Lipinski definition) is 3. The molecule has 0 aromatic rings. The lowest BCUT2D eigenvalue weighted by atomic mass is 10.5. The third-order valence-corrected chi connectivity index (χ3v) is 1.19. The van der Waals surface area contributed by atoms with Crippen LogP contribution < -0.4 is 0 Å². The van der Waals surface area contributed by atoms with E-state index in [-0.39, 0.29) is 6.73 Å². The predicted octanol–water partition coefficient (Wildman–Crippen LogP) is 1.14. The highest BCUT2D eigenvalue weighted by molar-refractivity contribution is 4.71. The Balaban J connectivity index is 1.80. The average molecular weight is 115 g/mol. The van der Waals surface area contributed by atoms with Crippen molar-refractivity contribution in [1.29, 1.82) is 0 Å². The summed E-state index contributed by atoms with van der Waals surface area (Å²) in [7, 11) is 0. The molecule has 0 amide bonds. The van der Waals surface area contributed by atoms with E-state index in [1.807, 2.05) is 0 Å². The van der Waals surface area contributed by atoms with E-state index in [0.29, 0.717) is 0 Å². The molecule has 1 aliphatic rings. The van der Waals surface area contributed by atoms with E-state index >= 15 is 0 Å². The van der Waals surface area contributed by atoms with Crippen LogP contribution in [0.4, 0.5) is 0 Å². The van der Waals surface area contributed by atoms with E-state index in [2.05, 4.69) is 5.18 Å². The maximum Gasteiger partial charge on any atom is 0.179 e. The van der Waals surface area contributed by atoms with Gasteiger partial charge in [0.25, 0.3) is 0 Å². The van der Waals surface area contributed by atoms with Crippen LogP contribution >= 0.6 is 0 Å². The summed E-state index contributed by atoms with van der Waals surface area (Å²) < 4.78 is 4.83. The van der Waals surface area contributed by atoms with Crippen molar-refractivity contribution in [2.45, 2.75) is 12.8 Å². The zero-order chi connectivity index (χ0) is 5.82. The predicted molar refractivity (Wildman–Crippen MR) is 29.3 cm³/mol. The lowest BCUT2D eigenvalue weighted by Gasteiger charge is -1.92. The molecule has 0 atom stereocenters. The van der Waals surface area contributed by atoms with Gasteiger partial charge in [-0.05, 0) is 23.9 Å². The first-order chi connectivity index (χ1) is 3.93. The van der Waals surface area contributed by atoms with E-state index in [9.17, 15) is 4.91 Å². The zero-order valence-electron chi connectivity index (χ0n) is 4.67. The first-order valence-corrected chi connectivity index (χ1v) is 2.80. The van der Waals surface area contributed by atoms with E-state index in [1.165, 1.54) is 12.8 Å². The highest BCUT2D eigenvalue weighted by Crippen LogP contribution is 2.28. The summed E-state index contributed by atoms with van der Waals surface area (Å²) in [5.41, 5.74) is 0. The smallest absolute Gasteiger partial charge is 0.179 e. The molecule has 0 aromatic heterocycles. The molecule has 0 saturated heterocycles. The lowest BCUT2D eigenvalue weighted by Crippen LogP contribution is -1.94. The Morgan fingerprint density at radius 3 is 2.88 bits per heavy atom. The molecule has 1 aliphatic carbocycles. The van der Waals surface area contributed by atoms with Crippen LogP contribution in [0.2, 0.25) is 0 Å². The Morgan fingerprint density at radius 1 is 1.62 bits per heavy atom. The summed E-state index contributed by atoms with van der Waals surface area (Å²) in [5.74, 6) is 0.733. The second-order valence-corrected chi connectivity index (χ2v) is 2.07. The molecule has 1 rings (SSSR count). The van der Waals surface area contributed by atoms with E-state index in [1.54, 1.807) is 0 Å². The normalized spacial score (nSPS) is 18.5. The van der Waals surface area contributed by atoms with E-state index < -0.39 is 0 Å². The second-order valence-electron chi connectivity index (χ2n) is 2.07. The maximum atomic E-state index is 9.43. The molecule has 1 fully saturated rings. The molecule has 3 nitrogen and oxygen atoms in total. The second kappa shape index (κ2) is 2.77. The Bertz CT molecular complexity index is 80.5. The van der Waals surface area contributed by atoms with Crippen LogP contribution in [-0.2, 0) is 4.74 Å². The molecule has 8 heavy (non-hydrogen) atoms. The van der Waals surface area contributed by atoms with Gasteiger partial charge in [-0.25, -0.2) is 0 Å². The standard InChI is InChI=1S/C5H9NO2/c7-6-4-8-3-5-1-2-5/h5H,1-4H2. The molecule has 0 radical (unpaired) electrons. The van der Waals surface area contributed by atoms with E-state index in [4.69, 9.17) is 4.74 Å². The molecule has 0 heterocycles. The van der Waals surface area contributed by atoms with E-state index in [0.717, 1.165) is 12.5 Å². The Morgan fingerprint density at radius 2 is 2.38 bits per heavy atom. The Hall–Kier alpha value is -0.440. The molecule has 0 bridgehead atoms. The quantitative estimate of drug-likeness (QED) is 0.407. The van der Waals surface area contributed by atoms with Crippen molar-refractivity contribution in [2.24, 2.45) is 11.1 Å². The molecule has 0 spiro atoms. The largest absolute Gasteiger partial charge is 0.355 e. The molecule has 0 unspecified atom stereocenters. The fourth-order valence-electron chi connectivity index (χ4n) is 0.541. The van der Waals surface area contributed by atoms with Gasteiger partial charge >= 0.3 is 0 Å². The molecular formula is C5H9NO2. The van der Waals surface area contributed by atoms with Gasteiger partial charge in [0.15, 0.2) is 6.73 Å². The zero-order valence-corrected chi connectivity index (χ0v) is 4.67. The van der Waals surface area contributed by atoms with Crippen molar-refractivity contribution in [3.63, 3.8) is 0 Å². The average Bonchev–Trinajstić information content (AvgIpc) is 2.51. The fraction of sp³-hybridized carbons (Fsp3) is 1.00. The highest BCUT2D eigenvalue weighted by Gasteiger charge is 2.20. The summed E-state index contributed by atoms with van der Waals surface area (Å²) >= 11 is 0. The molecule has 0 aliphatic heterocycles. The van der Waals surface area contributed by atoms with Crippen LogP contribution in [0, 0.1) is 10.8 Å². The van der Waals surface area contributed by atoms with Gasteiger partial charge in [-0.3, -0.25) is 0 Å². The minimum atomic E-state index is 0.0243. The third kappa shape index (κ3) is 2.02. The minimum absolute atomic E-state index is 0.0243.